The summed E-state index contributed by atoms with van der Waals surface area (Å²) in [5.41, 5.74) is 0. The minimum absolute atomic E-state index is 0.817. The fourth-order valence-electron chi connectivity index (χ4n) is 2.36. The van der Waals surface area contributed by atoms with E-state index in [1.54, 1.807) is 7.05 Å². The topological polar surface area (TPSA) is 23.5 Å². The van der Waals surface area contributed by atoms with Crippen LogP contribution in [-0.2, 0) is 0 Å². The smallest absolute Gasteiger partial charge is 0.0235 e. The van der Waals surface area contributed by atoms with Crippen LogP contribution in [0.3, 0.4) is 0 Å². The van der Waals surface area contributed by atoms with Gasteiger partial charge in [-0.2, -0.15) is 5.06 Å². The number of hydroxylamine groups is 2. The van der Waals surface area contributed by atoms with E-state index in [0.717, 1.165) is 13.0 Å². The van der Waals surface area contributed by atoms with E-state index in [1.807, 2.05) is 0 Å². The van der Waals surface area contributed by atoms with Gasteiger partial charge < -0.3 is 5.21 Å². The van der Waals surface area contributed by atoms with E-state index in [1.165, 1.54) is 82.1 Å². The van der Waals surface area contributed by atoms with Crippen LogP contribution in [0.25, 0.3) is 0 Å². The van der Waals surface area contributed by atoms with Crippen LogP contribution in [0, 0.1) is 0 Å². The summed E-state index contributed by atoms with van der Waals surface area (Å²) in [7, 11) is 1.72. The first kappa shape index (κ1) is 17.9. The highest BCUT2D eigenvalue weighted by atomic mass is 16.5. The Kier molecular flexibility index (Phi) is 14.9. The maximum Gasteiger partial charge on any atom is 0.0235 e. The maximum absolute atomic E-state index is 8.96. The van der Waals surface area contributed by atoms with Crippen LogP contribution >= 0.6 is 0 Å². The van der Waals surface area contributed by atoms with Crippen molar-refractivity contribution in [2.45, 2.75) is 90.4 Å². The zero-order chi connectivity index (χ0) is 13.5. The summed E-state index contributed by atoms with van der Waals surface area (Å²) in [6.07, 6.45) is 17.9. The normalized spacial score (nSPS) is 11.3. The lowest BCUT2D eigenvalue weighted by atomic mass is 10.0. The van der Waals surface area contributed by atoms with Gasteiger partial charge in [-0.3, -0.25) is 0 Å². The van der Waals surface area contributed by atoms with Crippen molar-refractivity contribution >= 4 is 0 Å². The van der Waals surface area contributed by atoms with Crippen molar-refractivity contribution in [1.29, 1.82) is 0 Å². The molecule has 0 aliphatic heterocycles. The molecule has 0 fully saturated rings. The molecule has 0 radical (unpaired) electrons. The van der Waals surface area contributed by atoms with Gasteiger partial charge in [-0.25, -0.2) is 0 Å². The lowest BCUT2D eigenvalue weighted by Crippen LogP contribution is -2.13. The Balaban J connectivity index is 2.90. The molecule has 0 atom stereocenters. The molecule has 18 heavy (non-hydrogen) atoms. The highest BCUT2D eigenvalue weighted by Crippen LogP contribution is 2.12. The van der Waals surface area contributed by atoms with Crippen molar-refractivity contribution in [3.05, 3.63) is 0 Å². The molecule has 0 spiro atoms. The van der Waals surface area contributed by atoms with Crippen LogP contribution in [-0.4, -0.2) is 23.9 Å². The molecule has 0 rings (SSSR count). The SMILES string of the molecule is CCCCCCCCCCCCCCCN(C)O. The minimum Gasteiger partial charge on any atom is -0.314 e. The molecular formula is C16H35NO. The number of unbranched alkanes of at least 4 members (excludes halogenated alkanes) is 12. The third-order valence-corrected chi connectivity index (χ3v) is 3.59. The van der Waals surface area contributed by atoms with Crippen LogP contribution in [0.1, 0.15) is 90.4 Å². The molecule has 1 N–H and O–H groups in total. The van der Waals surface area contributed by atoms with Gasteiger partial charge in [0.25, 0.3) is 0 Å². The van der Waals surface area contributed by atoms with Crippen molar-refractivity contribution in [3.8, 4) is 0 Å². The lowest BCUT2D eigenvalue weighted by molar-refractivity contribution is -0.0655. The van der Waals surface area contributed by atoms with Gasteiger partial charge in [-0.05, 0) is 6.42 Å². The van der Waals surface area contributed by atoms with Crippen molar-refractivity contribution in [3.63, 3.8) is 0 Å². The second-order valence-electron chi connectivity index (χ2n) is 5.62. The molecule has 0 aromatic rings. The first-order chi connectivity index (χ1) is 8.77. The van der Waals surface area contributed by atoms with Gasteiger partial charge in [0, 0.05) is 13.6 Å². The maximum atomic E-state index is 8.96. The van der Waals surface area contributed by atoms with Crippen molar-refractivity contribution in [1.82, 2.24) is 5.06 Å². The second-order valence-corrected chi connectivity index (χ2v) is 5.62. The predicted molar refractivity (Wildman–Crippen MR) is 80.1 cm³/mol. The molecule has 110 valence electrons. The molecule has 0 saturated carbocycles. The Morgan fingerprint density at radius 3 is 1.28 bits per heavy atom. The third-order valence-electron chi connectivity index (χ3n) is 3.59. The van der Waals surface area contributed by atoms with E-state index < -0.39 is 0 Å². The summed E-state index contributed by atoms with van der Waals surface area (Å²) in [6.45, 7) is 3.09. The highest BCUT2D eigenvalue weighted by Gasteiger charge is 1.94. The molecule has 2 nitrogen and oxygen atoms in total. The zero-order valence-electron chi connectivity index (χ0n) is 12.8. The molecule has 0 aromatic heterocycles. The zero-order valence-corrected chi connectivity index (χ0v) is 12.8. The van der Waals surface area contributed by atoms with E-state index in [9.17, 15) is 0 Å². The molecular weight excluding hydrogens is 222 g/mol. The minimum atomic E-state index is 0.817. The monoisotopic (exact) mass is 257 g/mol. The molecule has 2 heteroatoms. The predicted octanol–water partition coefficient (Wildman–Crippen LogP) is 5.40. The van der Waals surface area contributed by atoms with Gasteiger partial charge in [0.1, 0.15) is 0 Å². The Bertz CT molecular complexity index is 148. The molecule has 0 aliphatic rings. The number of nitrogens with zero attached hydrogens (tertiary/aromatic N) is 1. The van der Waals surface area contributed by atoms with Crippen LogP contribution < -0.4 is 0 Å². The quantitative estimate of drug-likeness (QED) is 0.333. The Labute approximate surface area is 115 Å². The van der Waals surface area contributed by atoms with Gasteiger partial charge in [0.2, 0.25) is 0 Å². The van der Waals surface area contributed by atoms with E-state index in [4.69, 9.17) is 5.21 Å². The number of hydrogen-bond donors (Lipinski definition) is 1. The summed E-state index contributed by atoms with van der Waals surface area (Å²) in [5, 5.41) is 10.3. The third kappa shape index (κ3) is 15.9. The van der Waals surface area contributed by atoms with Crippen LogP contribution in [0.4, 0.5) is 0 Å². The lowest BCUT2D eigenvalue weighted by Gasteiger charge is -2.07. The van der Waals surface area contributed by atoms with Gasteiger partial charge in [0.15, 0.2) is 0 Å². The van der Waals surface area contributed by atoms with Gasteiger partial charge in [-0.1, -0.05) is 84.0 Å². The summed E-state index contributed by atoms with van der Waals surface area (Å²) in [4.78, 5) is 0. The largest absolute Gasteiger partial charge is 0.314 e. The molecule has 0 aliphatic carbocycles. The number of hydrogen-bond acceptors (Lipinski definition) is 2. The molecule has 0 saturated heterocycles. The summed E-state index contributed by atoms with van der Waals surface area (Å²) in [5.74, 6) is 0. The Hall–Kier alpha value is -0.0800. The molecule has 0 bridgehead atoms. The van der Waals surface area contributed by atoms with E-state index in [-0.39, 0.29) is 0 Å². The fourth-order valence-corrected chi connectivity index (χ4v) is 2.36. The van der Waals surface area contributed by atoms with Crippen LogP contribution in [0.5, 0.6) is 0 Å². The van der Waals surface area contributed by atoms with E-state index in [2.05, 4.69) is 6.92 Å². The van der Waals surface area contributed by atoms with Gasteiger partial charge in [-0.15, -0.1) is 0 Å². The number of rotatable bonds is 14. The molecule has 0 aromatic carbocycles. The summed E-state index contributed by atoms with van der Waals surface area (Å²) in [6, 6.07) is 0. The first-order valence-electron chi connectivity index (χ1n) is 8.17. The van der Waals surface area contributed by atoms with Crippen molar-refractivity contribution in [2.24, 2.45) is 0 Å². The Morgan fingerprint density at radius 1 is 0.611 bits per heavy atom. The molecule has 0 unspecified atom stereocenters. The summed E-state index contributed by atoms with van der Waals surface area (Å²) < 4.78 is 0. The van der Waals surface area contributed by atoms with Crippen LogP contribution in [0.15, 0.2) is 0 Å². The van der Waals surface area contributed by atoms with E-state index >= 15 is 0 Å². The summed E-state index contributed by atoms with van der Waals surface area (Å²) >= 11 is 0. The standard InChI is InChI=1S/C16H35NO/c1-3-4-5-6-7-8-9-10-11-12-13-14-15-16-17(2)18/h18H,3-16H2,1-2H3. The molecule has 0 amide bonds. The van der Waals surface area contributed by atoms with Gasteiger partial charge >= 0.3 is 0 Å². The Morgan fingerprint density at radius 2 is 0.944 bits per heavy atom. The first-order valence-corrected chi connectivity index (χ1v) is 8.17. The second kappa shape index (κ2) is 15.0. The molecule has 0 heterocycles. The van der Waals surface area contributed by atoms with Crippen molar-refractivity contribution in [2.75, 3.05) is 13.6 Å². The highest BCUT2D eigenvalue weighted by molar-refractivity contribution is 4.49. The average molecular weight is 257 g/mol. The van der Waals surface area contributed by atoms with Crippen molar-refractivity contribution < 1.29 is 5.21 Å². The van der Waals surface area contributed by atoms with Gasteiger partial charge in [0.05, 0.1) is 0 Å². The average Bonchev–Trinajstić information content (AvgIpc) is 2.34. The fraction of sp³-hybridized carbons (Fsp3) is 1.00. The van der Waals surface area contributed by atoms with Crippen LogP contribution in [0.2, 0.25) is 0 Å². The van der Waals surface area contributed by atoms with E-state index in [0.29, 0.717) is 0 Å².